The maximum absolute atomic E-state index is 14.4. The number of fused-ring (bicyclic) bond motifs is 1. The van der Waals surface area contributed by atoms with Crippen LogP contribution in [0.2, 0.25) is 5.02 Å². The minimum atomic E-state index is -0.550. The van der Waals surface area contributed by atoms with Crippen molar-refractivity contribution < 1.29 is 4.39 Å². The van der Waals surface area contributed by atoms with Gasteiger partial charge in [-0.25, -0.2) is 14.2 Å². The number of nitrogens with zero attached hydrogens (tertiary/aromatic N) is 4. The summed E-state index contributed by atoms with van der Waals surface area (Å²) in [7, 11) is 1.55. The van der Waals surface area contributed by atoms with Crippen LogP contribution in [0.4, 0.5) is 4.39 Å². The van der Waals surface area contributed by atoms with Gasteiger partial charge in [0, 0.05) is 17.6 Å². The van der Waals surface area contributed by atoms with Crippen molar-refractivity contribution in [3.05, 3.63) is 61.3 Å². The van der Waals surface area contributed by atoms with Crippen LogP contribution in [0.5, 0.6) is 0 Å². The van der Waals surface area contributed by atoms with Gasteiger partial charge in [0.15, 0.2) is 11.2 Å². The summed E-state index contributed by atoms with van der Waals surface area (Å²) in [5, 5.41) is 0.275. The van der Waals surface area contributed by atoms with Crippen molar-refractivity contribution in [1.29, 1.82) is 0 Å². The molecule has 3 aromatic rings. The van der Waals surface area contributed by atoms with E-state index in [-0.39, 0.29) is 28.3 Å². The third-order valence-electron chi connectivity index (χ3n) is 5.10. The van der Waals surface area contributed by atoms with Crippen molar-refractivity contribution >= 4 is 22.8 Å². The highest BCUT2D eigenvalue weighted by Crippen LogP contribution is 2.23. The zero-order valence-electron chi connectivity index (χ0n) is 16.8. The summed E-state index contributed by atoms with van der Waals surface area (Å²) < 4.78 is 17.4. The number of hydrogen-bond acceptors (Lipinski definition) is 4. The van der Waals surface area contributed by atoms with E-state index in [1.54, 1.807) is 17.7 Å². The maximum Gasteiger partial charge on any atom is 0.329 e. The first kappa shape index (κ1) is 21.3. The first-order valence-corrected chi connectivity index (χ1v) is 10.1. The Labute approximate surface area is 172 Å². The van der Waals surface area contributed by atoms with Crippen LogP contribution in [0.25, 0.3) is 11.2 Å². The fourth-order valence-corrected chi connectivity index (χ4v) is 3.57. The van der Waals surface area contributed by atoms with Crippen LogP contribution in [0.15, 0.2) is 27.8 Å². The standard InChI is InChI=1S/C20H25ClFN5O2/c1-4-6-10-26(5-2)12-16-23-18-17(19(28)24-20(29)25(18)3)27(16)11-13-14(21)8-7-9-15(13)22/h7-9H,4-6,10-12H2,1-3H3,(H,24,28,29). The molecule has 0 bridgehead atoms. The minimum Gasteiger partial charge on any atom is -0.316 e. The zero-order valence-corrected chi connectivity index (χ0v) is 17.6. The summed E-state index contributed by atoms with van der Waals surface area (Å²) in [5.74, 6) is 0.133. The van der Waals surface area contributed by atoms with E-state index in [0.717, 1.165) is 25.9 Å². The molecule has 0 aliphatic heterocycles. The fraction of sp³-hybridized carbons (Fsp3) is 0.450. The molecule has 0 unspecified atom stereocenters. The van der Waals surface area contributed by atoms with Crippen molar-refractivity contribution in [3.63, 3.8) is 0 Å². The van der Waals surface area contributed by atoms with Crippen LogP contribution in [0, 0.1) is 5.82 Å². The van der Waals surface area contributed by atoms with Crippen molar-refractivity contribution in [2.75, 3.05) is 13.1 Å². The molecule has 0 amide bonds. The normalized spacial score (nSPS) is 11.7. The van der Waals surface area contributed by atoms with Crippen LogP contribution in [-0.4, -0.2) is 37.1 Å². The molecule has 29 heavy (non-hydrogen) atoms. The average Bonchev–Trinajstić information content (AvgIpc) is 3.04. The predicted molar refractivity (Wildman–Crippen MR) is 112 cm³/mol. The Morgan fingerprint density at radius 1 is 1.28 bits per heavy atom. The fourth-order valence-electron chi connectivity index (χ4n) is 3.34. The Kier molecular flexibility index (Phi) is 6.54. The number of halogens is 2. The van der Waals surface area contributed by atoms with Gasteiger partial charge in [0.25, 0.3) is 5.56 Å². The van der Waals surface area contributed by atoms with E-state index in [2.05, 4.69) is 28.7 Å². The monoisotopic (exact) mass is 421 g/mol. The minimum absolute atomic E-state index is 0.0456. The van der Waals surface area contributed by atoms with E-state index in [1.807, 2.05) is 0 Å². The number of aromatic nitrogens is 4. The number of nitrogens with one attached hydrogen (secondary N) is 1. The lowest BCUT2D eigenvalue weighted by Crippen LogP contribution is -2.29. The first-order valence-electron chi connectivity index (χ1n) is 9.71. The second-order valence-corrected chi connectivity index (χ2v) is 7.43. The van der Waals surface area contributed by atoms with E-state index in [9.17, 15) is 14.0 Å². The lowest BCUT2D eigenvalue weighted by atomic mass is 10.2. The first-order chi connectivity index (χ1) is 13.9. The van der Waals surface area contributed by atoms with E-state index in [0.29, 0.717) is 12.4 Å². The second-order valence-electron chi connectivity index (χ2n) is 7.03. The SMILES string of the molecule is CCCCN(CC)Cc1nc2c(c(=O)[nH]c(=O)n2C)n1Cc1c(F)cccc1Cl. The topological polar surface area (TPSA) is 75.9 Å². The number of imidazole rings is 1. The lowest BCUT2D eigenvalue weighted by molar-refractivity contribution is 0.265. The van der Waals surface area contributed by atoms with E-state index in [4.69, 9.17) is 11.6 Å². The summed E-state index contributed by atoms with van der Waals surface area (Å²) in [4.78, 5) is 33.7. The van der Waals surface area contributed by atoms with E-state index < -0.39 is 17.1 Å². The summed E-state index contributed by atoms with van der Waals surface area (Å²) in [6.07, 6.45) is 2.10. The van der Waals surface area contributed by atoms with Gasteiger partial charge in [-0.2, -0.15) is 0 Å². The Bertz CT molecular complexity index is 1110. The molecule has 1 aromatic carbocycles. The average molecular weight is 422 g/mol. The number of benzene rings is 1. The number of H-pyrrole nitrogens is 1. The van der Waals surface area contributed by atoms with Crippen LogP contribution in [0.1, 0.15) is 38.1 Å². The smallest absolute Gasteiger partial charge is 0.316 e. The molecule has 156 valence electrons. The number of hydrogen-bond donors (Lipinski definition) is 1. The summed E-state index contributed by atoms with van der Waals surface area (Å²) >= 11 is 6.22. The number of rotatable bonds is 8. The van der Waals surface area contributed by atoms with Gasteiger partial charge in [-0.05, 0) is 31.6 Å². The van der Waals surface area contributed by atoms with Gasteiger partial charge in [-0.15, -0.1) is 0 Å². The summed E-state index contributed by atoms with van der Waals surface area (Å²) in [5.41, 5.74) is -0.313. The van der Waals surface area contributed by atoms with Gasteiger partial charge in [-0.3, -0.25) is 19.2 Å². The molecule has 2 heterocycles. The molecule has 0 saturated heterocycles. The van der Waals surface area contributed by atoms with Crippen LogP contribution >= 0.6 is 11.6 Å². The zero-order chi connectivity index (χ0) is 21.1. The highest BCUT2D eigenvalue weighted by molar-refractivity contribution is 6.31. The van der Waals surface area contributed by atoms with Gasteiger partial charge >= 0.3 is 5.69 Å². The van der Waals surface area contributed by atoms with Gasteiger partial charge in [0.1, 0.15) is 11.6 Å². The molecule has 0 fully saturated rings. The highest BCUT2D eigenvalue weighted by Gasteiger charge is 2.20. The van der Waals surface area contributed by atoms with Crippen molar-refractivity contribution in [2.45, 2.75) is 39.8 Å². The Morgan fingerprint density at radius 3 is 2.69 bits per heavy atom. The van der Waals surface area contributed by atoms with Crippen molar-refractivity contribution in [2.24, 2.45) is 7.05 Å². The molecule has 2 aromatic heterocycles. The molecule has 0 atom stereocenters. The molecular formula is C20H25ClFN5O2. The van der Waals surface area contributed by atoms with Gasteiger partial charge in [-0.1, -0.05) is 37.9 Å². The molecule has 0 aliphatic carbocycles. The Morgan fingerprint density at radius 2 is 2.03 bits per heavy atom. The molecule has 3 rings (SSSR count). The van der Waals surface area contributed by atoms with Crippen molar-refractivity contribution in [3.8, 4) is 0 Å². The Balaban J connectivity index is 2.18. The third-order valence-corrected chi connectivity index (χ3v) is 5.46. The molecule has 0 aliphatic rings. The van der Waals surface area contributed by atoms with E-state index >= 15 is 0 Å². The van der Waals surface area contributed by atoms with Gasteiger partial charge in [0.2, 0.25) is 0 Å². The molecular weight excluding hydrogens is 397 g/mol. The quantitative estimate of drug-likeness (QED) is 0.606. The summed E-state index contributed by atoms with van der Waals surface area (Å²) in [6, 6.07) is 4.48. The molecule has 0 radical (unpaired) electrons. The molecule has 0 saturated carbocycles. The molecule has 1 N–H and O–H groups in total. The second kappa shape index (κ2) is 8.92. The molecule has 0 spiro atoms. The highest BCUT2D eigenvalue weighted by atomic mass is 35.5. The van der Waals surface area contributed by atoms with Crippen LogP contribution < -0.4 is 11.2 Å². The van der Waals surface area contributed by atoms with Gasteiger partial charge in [0.05, 0.1) is 13.1 Å². The molecule has 9 heteroatoms. The van der Waals surface area contributed by atoms with E-state index in [1.165, 1.54) is 16.7 Å². The Hall–Kier alpha value is -2.45. The lowest BCUT2D eigenvalue weighted by Gasteiger charge is -2.20. The molecule has 7 nitrogen and oxygen atoms in total. The third kappa shape index (κ3) is 4.28. The number of aromatic amines is 1. The van der Waals surface area contributed by atoms with Crippen molar-refractivity contribution in [1.82, 2.24) is 24.0 Å². The predicted octanol–water partition coefficient (Wildman–Crippen LogP) is 2.89. The summed E-state index contributed by atoms with van der Waals surface area (Å²) in [6.45, 7) is 6.39. The van der Waals surface area contributed by atoms with Gasteiger partial charge < -0.3 is 4.57 Å². The van der Waals surface area contributed by atoms with Crippen LogP contribution in [0.3, 0.4) is 0 Å². The number of unbranched alkanes of at least 4 members (excludes halogenated alkanes) is 1. The largest absolute Gasteiger partial charge is 0.329 e. The maximum atomic E-state index is 14.4. The van der Waals surface area contributed by atoms with Crippen LogP contribution in [-0.2, 0) is 20.1 Å². The number of aryl methyl sites for hydroxylation is 1.